The molecule has 17 heavy (non-hydrogen) atoms. The van der Waals surface area contributed by atoms with E-state index in [-0.39, 0.29) is 11.7 Å². The Labute approximate surface area is 108 Å². The van der Waals surface area contributed by atoms with Crippen LogP contribution in [0.4, 0.5) is 4.39 Å². The van der Waals surface area contributed by atoms with Gasteiger partial charge in [-0.1, -0.05) is 34.6 Å². The molecule has 1 atom stereocenters. The number of rotatable bonds is 5. The molecule has 0 fully saturated rings. The number of hydrogen-bond acceptors (Lipinski definition) is 2. The lowest BCUT2D eigenvalue weighted by Crippen LogP contribution is -2.36. The van der Waals surface area contributed by atoms with Crippen molar-refractivity contribution in [3.63, 3.8) is 0 Å². The zero-order valence-electron chi connectivity index (χ0n) is 9.37. The Bertz CT molecular complexity index is 423. The Morgan fingerprint density at radius 1 is 1.59 bits per heavy atom. The third-order valence-electron chi connectivity index (χ3n) is 1.96. The van der Waals surface area contributed by atoms with Gasteiger partial charge in [-0.15, -0.1) is 0 Å². The molecule has 0 aliphatic carbocycles. The first-order chi connectivity index (χ1) is 8.00. The Morgan fingerprint density at radius 2 is 2.24 bits per heavy atom. The number of carbonyl (C=O) groups is 1. The molecule has 1 aromatic carbocycles. The zero-order valence-corrected chi connectivity index (χ0v) is 11.0. The molecule has 92 valence electrons. The Hall–Kier alpha value is -1.36. The van der Waals surface area contributed by atoms with Crippen molar-refractivity contribution in [1.29, 1.82) is 0 Å². The van der Waals surface area contributed by atoms with Crippen LogP contribution in [0.5, 0.6) is 5.75 Å². The summed E-state index contributed by atoms with van der Waals surface area (Å²) in [6, 6.07) is 5.95. The van der Waals surface area contributed by atoms with E-state index >= 15 is 0 Å². The van der Waals surface area contributed by atoms with Crippen molar-refractivity contribution in [3.8, 4) is 5.75 Å². The maximum atomic E-state index is 13.2. The number of benzene rings is 1. The molecule has 1 aromatic rings. The highest BCUT2D eigenvalue weighted by molar-refractivity contribution is 9.11. The molecule has 0 bridgehead atoms. The summed E-state index contributed by atoms with van der Waals surface area (Å²) in [4.78, 5) is 11.5. The standard InChI is InChI=1S/C12H13BrFNO2/c1-8(13)7-15-12(16)9(2)17-11-6-4-3-5-10(11)14/h3-6,9H,1,7H2,2H3,(H,15,16). The van der Waals surface area contributed by atoms with E-state index in [4.69, 9.17) is 4.74 Å². The summed E-state index contributed by atoms with van der Waals surface area (Å²) in [5, 5.41) is 2.59. The number of nitrogens with one attached hydrogen (secondary N) is 1. The minimum Gasteiger partial charge on any atom is -0.478 e. The molecule has 0 saturated carbocycles. The predicted octanol–water partition coefficient (Wildman–Crippen LogP) is 2.62. The Morgan fingerprint density at radius 3 is 2.82 bits per heavy atom. The van der Waals surface area contributed by atoms with E-state index in [9.17, 15) is 9.18 Å². The van der Waals surface area contributed by atoms with Gasteiger partial charge >= 0.3 is 0 Å². The Kier molecular flexibility index (Phi) is 5.15. The van der Waals surface area contributed by atoms with Gasteiger partial charge in [0, 0.05) is 11.0 Å². The first kappa shape index (κ1) is 13.7. The predicted molar refractivity (Wildman–Crippen MR) is 67.6 cm³/mol. The number of ether oxygens (including phenoxy) is 1. The molecular weight excluding hydrogens is 289 g/mol. The zero-order chi connectivity index (χ0) is 12.8. The molecule has 0 heterocycles. The van der Waals surface area contributed by atoms with Crippen LogP contribution in [0.1, 0.15) is 6.92 Å². The summed E-state index contributed by atoms with van der Waals surface area (Å²) in [5.74, 6) is -0.751. The summed E-state index contributed by atoms with van der Waals surface area (Å²) in [6.45, 7) is 5.45. The van der Waals surface area contributed by atoms with Crippen molar-refractivity contribution < 1.29 is 13.9 Å². The molecule has 3 nitrogen and oxygen atoms in total. The minimum atomic E-state index is -0.765. The number of hydrogen-bond donors (Lipinski definition) is 1. The van der Waals surface area contributed by atoms with Gasteiger partial charge in [0.05, 0.1) is 0 Å². The lowest BCUT2D eigenvalue weighted by Gasteiger charge is -2.14. The highest BCUT2D eigenvalue weighted by Gasteiger charge is 2.15. The van der Waals surface area contributed by atoms with Gasteiger partial charge in [-0.25, -0.2) is 4.39 Å². The van der Waals surface area contributed by atoms with Crippen LogP contribution in [-0.4, -0.2) is 18.6 Å². The highest BCUT2D eigenvalue weighted by atomic mass is 79.9. The summed E-state index contributed by atoms with van der Waals surface area (Å²) in [5.41, 5.74) is 0. The lowest BCUT2D eigenvalue weighted by atomic mass is 10.3. The van der Waals surface area contributed by atoms with Crippen LogP contribution >= 0.6 is 15.9 Å². The van der Waals surface area contributed by atoms with Crippen molar-refractivity contribution in [2.75, 3.05) is 6.54 Å². The second kappa shape index (κ2) is 6.39. The van der Waals surface area contributed by atoms with E-state index in [1.165, 1.54) is 12.1 Å². The number of para-hydroxylation sites is 1. The topological polar surface area (TPSA) is 38.3 Å². The van der Waals surface area contributed by atoms with Crippen LogP contribution in [0, 0.1) is 5.82 Å². The monoisotopic (exact) mass is 301 g/mol. The van der Waals surface area contributed by atoms with Crippen LogP contribution in [0.3, 0.4) is 0 Å². The molecule has 1 rings (SSSR count). The van der Waals surface area contributed by atoms with Gasteiger partial charge in [0.2, 0.25) is 0 Å². The largest absolute Gasteiger partial charge is 0.478 e. The molecule has 0 aromatic heterocycles. The van der Waals surface area contributed by atoms with Gasteiger partial charge in [-0.3, -0.25) is 4.79 Å². The van der Waals surface area contributed by atoms with Crippen LogP contribution < -0.4 is 10.1 Å². The van der Waals surface area contributed by atoms with E-state index in [2.05, 4.69) is 27.8 Å². The number of amides is 1. The minimum absolute atomic E-state index is 0.0628. The van der Waals surface area contributed by atoms with Gasteiger partial charge < -0.3 is 10.1 Å². The van der Waals surface area contributed by atoms with Crippen molar-refractivity contribution in [1.82, 2.24) is 5.32 Å². The second-order valence-electron chi connectivity index (χ2n) is 3.43. The average molecular weight is 302 g/mol. The average Bonchev–Trinajstić information content (AvgIpc) is 2.28. The molecule has 0 aliphatic rings. The van der Waals surface area contributed by atoms with E-state index in [1.807, 2.05) is 0 Å². The highest BCUT2D eigenvalue weighted by Crippen LogP contribution is 2.16. The van der Waals surface area contributed by atoms with Crippen molar-refractivity contribution in [2.45, 2.75) is 13.0 Å². The smallest absolute Gasteiger partial charge is 0.261 e. The molecule has 5 heteroatoms. The molecule has 0 aliphatic heterocycles. The molecule has 1 unspecified atom stereocenters. The quantitative estimate of drug-likeness (QED) is 0.908. The van der Waals surface area contributed by atoms with Crippen LogP contribution in [0.15, 0.2) is 35.3 Å². The summed E-state index contributed by atoms with van der Waals surface area (Å²) < 4.78 is 19.1. The van der Waals surface area contributed by atoms with Crippen molar-refractivity contribution in [3.05, 3.63) is 41.1 Å². The van der Waals surface area contributed by atoms with Crippen molar-refractivity contribution >= 4 is 21.8 Å². The fraction of sp³-hybridized carbons (Fsp3) is 0.250. The van der Waals surface area contributed by atoms with Gasteiger partial charge in [-0.05, 0) is 19.1 Å². The van der Waals surface area contributed by atoms with E-state index in [1.54, 1.807) is 19.1 Å². The number of halogens is 2. The fourth-order valence-corrected chi connectivity index (χ4v) is 1.25. The normalized spacial score (nSPS) is 11.7. The SMILES string of the molecule is C=C(Br)CNC(=O)C(C)Oc1ccccc1F. The maximum absolute atomic E-state index is 13.2. The van der Waals surface area contributed by atoms with Crippen molar-refractivity contribution in [2.24, 2.45) is 0 Å². The molecule has 1 amide bonds. The third-order valence-corrected chi connectivity index (χ3v) is 2.24. The third kappa shape index (κ3) is 4.56. The van der Waals surface area contributed by atoms with Gasteiger partial charge in [-0.2, -0.15) is 0 Å². The molecule has 0 radical (unpaired) electrons. The molecule has 0 spiro atoms. The summed E-state index contributed by atoms with van der Waals surface area (Å²) >= 11 is 3.12. The first-order valence-electron chi connectivity index (χ1n) is 5.03. The number of carbonyl (C=O) groups excluding carboxylic acids is 1. The van der Waals surface area contributed by atoms with Gasteiger partial charge in [0.25, 0.3) is 5.91 Å². The van der Waals surface area contributed by atoms with Crippen LogP contribution in [0.25, 0.3) is 0 Å². The first-order valence-corrected chi connectivity index (χ1v) is 5.82. The molecular formula is C12H13BrFNO2. The Balaban J connectivity index is 2.54. The van der Waals surface area contributed by atoms with E-state index in [0.29, 0.717) is 11.0 Å². The summed E-state index contributed by atoms with van der Waals surface area (Å²) in [6.07, 6.45) is -0.765. The van der Waals surface area contributed by atoms with Gasteiger partial charge in [0.15, 0.2) is 17.7 Å². The van der Waals surface area contributed by atoms with Crippen LogP contribution in [-0.2, 0) is 4.79 Å². The van der Waals surface area contributed by atoms with E-state index in [0.717, 1.165) is 0 Å². The summed E-state index contributed by atoms with van der Waals surface area (Å²) in [7, 11) is 0. The molecule has 0 saturated heterocycles. The van der Waals surface area contributed by atoms with E-state index < -0.39 is 11.9 Å². The fourth-order valence-electron chi connectivity index (χ4n) is 1.11. The maximum Gasteiger partial charge on any atom is 0.261 e. The molecule has 1 N–H and O–H groups in total. The van der Waals surface area contributed by atoms with Gasteiger partial charge in [0.1, 0.15) is 0 Å². The lowest BCUT2D eigenvalue weighted by molar-refractivity contribution is -0.127. The second-order valence-corrected chi connectivity index (χ2v) is 4.55. The van der Waals surface area contributed by atoms with Crippen LogP contribution in [0.2, 0.25) is 0 Å².